The summed E-state index contributed by atoms with van der Waals surface area (Å²) in [4.78, 5) is 4.49. The maximum atomic E-state index is 10.4. The van der Waals surface area contributed by atoms with Crippen LogP contribution in [-0.4, -0.2) is 55.8 Å². The fourth-order valence-electron chi connectivity index (χ4n) is 3.00. The van der Waals surface area contributed by atoms with E-state index in [9.17, 15) is 15.3 Å². The minimum atomic E-state index is -1.25. The molecule has 7 nitrogen and oxygen atoms in total. The molecule has 2 fully saturated rings. The van der Waals surface area contributed by atoms with Crippen molar-refractivity contribution < 1.29 is 20.1 Å². The molecule has 1 saturated heterocycles. The second kappa shape index (κ2) is 6.42. The van der Waals surface area contributed by atoms with Crippen LogP contribution >= 0.6 is 34.8 Å². The molecule has 4 N–H and O–H groups in total. The lowest BCUT2D eigenvalue weighted by Gasteiger charge is -2.20. The minimum Gasteiger partial charge on any atom is -0.394 e. The number of ether oxygens (including phenoxy) is 1. The van der Waals surface area contributed by atoms with Crippen LogP contribution in [0.25, 0.3) is 11.0 Å². The number of halogens is 3. The van der Waals surface area contributed by atoms with Gasteiger partial charge in [-0.2, -0.15) is 0 Å². The summed E-state index contributed by atoms with van der Waals surface area (Å²) in [6.07, 6.45) is -2.30. The van der Waals surface area contributed by atoms with E-state index in [4.69, 9.17) is 39.5 Å². The van der Waals surface area contributed by atoms with Crippen LogP contribution in [0.3, 0.4) is 0 Å². The van der Waals surface area contributed by atoms with Gasteiger partial charge in [0.05, 0.1) is 27.2 Å². The molecule has 0 spiro atoms. The molecule has 0 unspecified atom stereocenters. The summed E-state index contributed by atoms with van der Waals surface area (Å²) in [6, 6.07) is 1.86. The number of hydrogen-bond acceptors (Lipinski definition) is 6. The lowest BCUT2D eigenvalue weighted by atomic mass is 10.1. The summed E-state index contributed by atoms with van der Waals surface area (Å²) < 4.78 is 7.26. The number of fused-ring (bicyclic) bond motifs is 1. The summed E-state index contributed by atoms with van der Waals surface area (Å²) in [7, 11) is 0. The van der Waals surface area contributed by atoms with Crippen molar-refractivity contribution in [1.29, 1.82) is 0 Å². The van der Waals surface area contributed by atoms with E-state index in [0.717, 1.165) is 12.8 Å². The smallest absolute Gasteiger partial charge is 0.206 e. The molecular weight excluding hydrogens is 393 g/mol. The summed E-state index contributed by atoms with van der Waals surface area (Å²) in [5, 5.41) is 33.7. The van der Waals surface area contributed by atoms with Crippen LogP contribution in [-0.2, 0) is 4.74 Å². The third kappa shape index (κ3) is 2.88. The zero-order chi connectivity index (χ0) is 17.9. The van der Waals surface area contributed by atoms with Gasteiger partial charge in [0.15, 0.2) is 6.23 Å². The van der Waals surface area contributed by atoms with Crippen molar-refractivity contribution in [2.45, 2.75) is 43.4 Å². The molecule has 1 aliphatic carbocycles. The van der Waals surface area contributed by atoms with E-state index in [2.05, 4.69) is 10.3 Å². The highest BCUT2D eigenvalue weighted by molar-refractivity contribution is 6.50. The molecule has 0 bridgehead atoms. The van der Waals surface area contributed by atoms with Gasteiger partial charge in [-0.15, -0.1) is 0 Å². The Morgan fingerprint density at radius 1 is 1.20 bits per heavy atom. The largest absolute Gasteiger partial charge is 0.394 e. The molecule has 0 amide bonds. The van der Waals surface area contributed by atoms with Gasteiger partial charge in [0.2, 0.25) is 5.95 Å². The minimum absolute atomic E-state index is 0.194. The molecule has 1 aromatic heterocycles. The average molecular weight is 409 g/mol. The molecule has 1 saturated carbocycles. The number of aliphatic hydroxyl groups is 3. The number of hydrogen-bond donors (Lipinski definition) is 4. The van der Waals surface area contributed by atoms with Gasteiger partial charge in [0, 0.05) is 6.04 Å². The number of aromatic nitrogens is 2. The normalized spacial score (nSPS) is 29.5. The number of nitrogens with zero attached hydrogens (tertiary/aromatic N) is 2. The van der Waals surface area contributed by atoms with Crippen molar-refractivity contribution >= 4 is 51.8 Å². The Bertz CT molecular complexity index is 826. The maximum absolute atomic E-state index is 10.4. The highest BCUT2D eigenvalue weighted by Gasteiger charge is 2.45. The molecule has 4 atom stereocenters. The number of nitrogens with one attached hydrogen (secondary N) is 1. The van der Waals surface area contributed by atoms with E-state index in [1.54, 1.807) is 10.6 Å². The fraction of sp³-hybridized carbons (Fsp3) is 0.533. The van der Waals surface area contributed by atoms with Crippen molar-refractivity contribution in [1.82, 2.24) is 9.55 Å². The second-order valence-corrected chi connectivity index (χ2v) is 7.47. The molecule has 136 valence electrons. The number of aliphatic hydroxyl groups excluding tert-OH is 3. The number of imidazole rings is 1. The van der Waals surface area contributed by atoms with Gasteiger partial charge in [0.1, 0.15) is 23.8 Å². The zero-order valence-electron chi connectivity index (χ0n) is 12.9. The van der Waals surface area contributed by atoms with Crippen LogP contribution in [0.15, 0.2) is 6.07 Å². The Morgan fingerprint density at radius 2 is 1.92 bits per heavy atom. The maximum Gasteiger partial charge on any atom is 0.206 e. The van der Waals surface area contributed by atoms with Gasteiger partial charge in [0.25, 0.3) is 0 Å². The molecule has 2 aliphatic rings. The van der Waals surface area contributed by atoms with Crippen LogP contribution in [0.2, 0.25) is 15.1 Å². The average Bonchev–Trinajstić information content (AvgIpc) is 3.28. The molecule has 4 rings (SSSR count). The predicted molar refractivity (Wildman–Crippen MR) is 94.4 cm³/mol. The quantitative estimate of drug-likeness (QED) is 0.579. The van der Waals surface area contributed by atoms with Crippen LogP contribution in [0, 0.1) is 0 Å². The zero-order valence-corrected chi connectivity index (χ0v) is 15.1. The first-order valence-electron chi connectivity index (χ1n) is 7.86. The van der Waals surface area contributed by atoms with E-state index in [0.29, 0.717) is 17.0 Å². The first-order valence-corrected chi connectivity index (χ1v) is 9.00. The van der Waals surface area contributed by atoms with Crippen LogP contribution < -0.4 is 5.32 Å². The molecule has 10 heteroatoms. The first-order chi connectivity index (χ1) is 11.9. The SMILES string of the molecule is OC[C@@H]1O[C@H](n2c(NC3CC3)nc3c(Cl)c(Cl)c(Cl)cc32)[C@@H](O)[C@H]1O. The van der Waals surface area contributed by atoms with Crippen molar-refractivity contribution in [3.8, 4) is 0 Å². The summed E-state index contributed by atoms with van der Waals surface area (Å²) in [5.41, 5.74) is 0.925. The monoisotopic (exact) mass is 407 g/mol. The first kappa shape index (κ1) is 17.6. The van der Waals surface area contributed by atoms with Gasteiger partial charge >= 0.3 is 0 Å². The molecule has 2 heterocycles. The van der Waals surface area contributed by atoms with Crippen LogP contribution in [0.5, 0.6) is 0 Å². The van der Waals surface area contributed by atoms with Gasteiger partial charge < -0.3 is 25.4 Å². The van der Waals surface area contributed by atoms with Gasteiger partial charge in [-0.3, -0.25) is 4.57 Å². The Labute approximate surface area is 158 Å². The Kier molecular flexibility index (Phi) is 4.52. The van der Waals surface area contributed by atoms with Crippen molar-refractivity contribution in [2.24, 2.45) is 0 Å². The third-order valence-electron chi connectivity index (χ3n) is 4.50. The van der Waals surface area contributed by atoms with Gasteiger partial charge in [-0.05, 0) is 18.9 Å². The molecule has 0 radical (unpaired) electrons. The van der Waals surface area contributed by atoms with Crippen LogP contribution in [0.4, 0.5) is 5.95 Å². The molecule has 2 aromatic rings. The lowest BCUT2D eigenvalue weighted by Crippen LogP contribution is -2.33. The molecule has 1 aliphatic heterocycles. The van der Waals surface area contributed by atoms with E-state index >= 15 is 0 Å². The Morgan fingerprint density at radius 3 is 2.52 bits per heavy atom. The standard InChI is InChI=1S/C15H16Cl3N3O4/c16-6-3-7-11(10(18)9(6)17)20-15(19-5-1-2-5)21(7)14-13(24)12(23)8(4-22)25-14/h3,5,8,12-14,22-24H,1-2,4H2,(H,19,20)/t8-,12-,13-,14-/m0/s1. The van der Waals surface area contributed by atoms with E-state index < -0.39 is 31.1 Å². The van der Waals surface area contributed by atoms with Crippen molar-refractivity contribution in [2.75, 3.05) is 11.9 Å². The van der Waals surface area contributed by atoms with Crippen molar-refractivity contribution in [3.05, 3.63) is 21.1 Å². The Balaban J connectivity index is 1.88. The Hall–Kier alpha value is -0.800. The number of anilines is 1. The van der Waals surface area contributed by atoms with E-state index in [1.807, 2.05) is 0 Å². The third-order valence-corrected chi connectivity index (χ3v) is 5.76. The summed E-state index contributed by atoms with van der Waals surface area (Å²) >= 11 is 18.5. The molecular formula is C15H16Cl3N3O4. The topological polar surface area (TPSA) is 99.8 Å². The van der Waals surface area contributed by atoms with Crippen LogP contribution in [0.1, 0.15) is 19.1 Å². The second-order valence-electron chi connectivity index (χ2n) is 6.31. The number of rotatable bonds is 4. The van der Waals surface area contributed by atoms with E-state index in [-0.39, 0.29) is 21.1 Å². The van der Waals surface area contributed by atoms with Gasteiger partial charge in [-0.25, -0.2) is 4.98 Å². The summed E-state index contributed by atoms with van der Waals surface area (Å²) in [6.45, 7) is -0.417. The van der Waals surface area contributed by atoms with E-state index in [1.165, 1.54) is 0 Å². The molecule has 1 aromatic carbocycles. The number of benzene rings is 1. The predicted octanol–water partition coefficient (Wildman–Crippen LogP) is 2.18. The summed E-state index contributed by atoms with van der Waals surface area (Å²) in [5.74, 6) is 0.438. The fourth-order valence-corrected chi connectivity index (χ4v) is 3.63. The lowest BCUT2D eigenvalue weighted by molar-refractivity contribution is -0.0499. The molecule has 25 heavy (non-hydrogen) atoms. The highest BCUT2D eigenvalue weighted by Crippen LogP contribution is 2.42. The van der Waals surface area contributed by atoms with Crippen molar-refractivity contribution in [3.63, 3.8) is 0 Å². The highest BCUT2D eigenvalue weighted by atomic mass is 35.5. The van der Waals surface area contributed by atoms with Gasteiger partial charge in [-0.1, -0.05) is 34.8 Å².